The number of phenolic OH excluding ortho intramolecular Hbond substituents is 3. The van der Waals surface area contributed by atoms with Gasteiger partial charge < -0.3 is 49.8 Å². The molecule has 0 saturated carbocycles. The number of carbonyl (C=O) groups is 3. The second kappa shape index (κ2) is 20.5. The number of hydrogen-bond acceptors (Lipinski definition) is 14. The molecule has 7 rings (SSSR count). The fourth-order valence-electron chi connectivity index (χ4n) is 10.1. The van der Waals surface area contributed by atoms with Gasteiger partial charge in [0.15, 0.2) is 5.75 Å². The molecule has 67 heavy (non-hydrogen) atoms. The summed E-state index contributed by atoms with van der Waals surface area (Å²) in [6.07, 6.45) is 7.51. The van der Waals surface area contributed by atoms with Crippen LogP contribution in [0.3, 0.4) is 0 Å². The lowest BCUT2D eigenvalue weighted by Gasteiger charge is -2.41. The first-order valence-electron chi connectivity index (χ1n) is 23.1. The summed E-state index contributed by atoms with van der Waals surface area (Å²) in [7, 11) is 1.44. The average Bonchev–Trinajstić information content (AvgIpc) is 3.55. The van der Waals surface area contributed by atoms with Gasteiger partial charge in [-0.1, -0.05) is 76.3 Å². The number of ether oxygens (including phenoxy) is 4. The molecule has 11 unspecified atom stereocenters. The van der Waals surface area contributed by atoms with Crippen molar-refractivity contribution in [2.24, 2.45) is 34.7 Å². The predicted molar refractivity (Wildman–Crippen MR) is 255 cm³/mol. The lowest BCUT2D eigenvalue weighted by Crippen LogP contribution is -2.46. The Morgan fingerprint density at radius 1 is 0.910 bits per heavy atom. The zero-order valence-electron chi connectivity index (χ0n) is 40.3. The number of nitrogens with one attached hydrogen (secondary N) is 1. The number of aliphatic hydroxyl groups excluding tert-OH is 2. The van der Waals surface area contributed by atoms with E-state index in [0.717, 1.165) is 19.3 Å². The standard InChI is InChI=1S/C52H67N3O12/c1-26-16-15-17-27(2)51(63)54-42-37(25-53-55-28(3)22-36(23-29(55)4)24-35-18-13-12-14-19-35)46(60)39-40(47(42)61)45(59)33(8)49-41(39)50(62)52(10,67-49)65-21-20-38(64-11)30(5)48(66-34(9)56)32(7)44(58)31(6)43(26)57/h12-21,25-26,28-32,36,38,43-44,48,57-61H,22-24H2,1-11H3,(H,54,63)/b16-15+,21-20+,27-17+,53-25?. The number of hydrogen-bond donors (Lipinski definition) is 6. The Kier molecular flexibility index (Phi) is 15.5. The minimum atomic E-state index is -2.06. The Morgan fingerprint density at radius 3 is 2.19 bits per heavy atom. The lowest BCUT2D eigenvalue weighted by atomic mass is 9.78. The van der Waals surface area contributed by atoms with E-state index >= 15 is 0 Å². The number of allylic oxidation sites excluding steroid dienone is 2. The molecule has 15 nitrogen and oxygen atoms in total. The van der Waals surface area contributed by atoms with Gasteiger partial charge in [0.05, 0.1) is 53.0 Å². The molecule has 4 aliphatic heterocycles. The van der Waals surface area contributed by atoms with Crippen LogP contribution in [0.4, 0.5) is 5.69 Å². The zero-order valence-corrected chi connectivity index (χ0v) is 40.3. The summed E-state index contributed by atoms with van der Waals surface area (Å²) in [5, 5.41) is 68.3. The molecule has 4 heterocycles. The number of methoxy groups -OCH3 is 1. The molecule has 1 amide bonds. The van der Waals surface area contributed by atoms with Crippen molar-refractivity contribution in [3.63, 3.8) is 0 Å². The fraction of sp³-hybridized carbons (Fsp3) is 0.500. The SMILES string of the molecule is COC1/C=C/OC2(C)Oc3c(C)c(O)c4c(O)c(c(C=NN5C(C)CC(Cc6ccccc6)CC5C)c(O)c4c3C2=O)NC(=O)/C(C)=C/C=C/C(C)C(O)C(C)C(O)C(C)C(OC(C)=O)C1C. The van der Waals surface area contributed by atoms with Gasteiger partial charge in [0.25, 0.3) is 11.7 Å². The Balaban J connectivity index is 1.49. The molecule has 362 valence electrons. The van der Waals surface area contributed by atoms with E-state index in [-0.39, 0.29) is 56.6 Å². The van der Waals surface area contributed by atoms with Crippen LogP contribution in [0.15, 0.2) is 71.6 Å². The van der Waals surface area contributed by atoms with Crippen molar-refractivity contribution < 1.29 is 58.9 Å². The number of phenols is 3. The van der Waals surface area contributed by atoms with Gasteiger partial charge in [-0.3, -0.25) is 19.4 Å². The summed E-state index contributed by atoms with van der Waals surface area (Å²) >= 11 is 0. The van der Waals surface area contributed by atoms with Crippen molar-refractivity contribution in [2.75, 3.05) is 12.4 Å². The predicted octanol–water partition coefficient (Wildman–Crippen LogP) is 7.82. The number of piperidine rings is 1. The molecule has 0 aromatic heterocycles. The van der Waals surface area contributed by atoms with Crippen LogP contribution in [-0.4, -0.2) is 104 Å². The third kappa shape index (κ3) is 10.2. The number of Topliss-reactive ketones (excluding diaryl/α,β-unsaturated/α-hetero) is 1. The van der Waals surface area contributed by atoms with Crippen molar-refractivity contribution in [1.82, 2.24) is 5.01 Å². The molecule has 0 aliphatic carbocycles. The number of benzene rings is 3. The van der Waals surface area contributed by atoms with Crippen molar-refractivity contribution in [3.05, 3.63) is 88.7 Å². The smallest absolute Gasteiger partial charge is 0.312 e. The monoisotopic (exact) mass is 925 g/mol. The molecular formula is C52H67N3O12. The Morgan fingerprint density at radius 2 is 1.57 bits per heavy atom. The Labute approximate surface area is 392 Å². The molecule has 15 heteroatoms. The second-order valence-corrected chi connectivity index (χ2v) is 19.0. The van der Waals surface area contributed by atoms with Crippen LogP contribution in [0.5, 0.6) is 23.0 Å². The number of aliphatic hydroxyl groups is 2. The van der Waals surface area contributed by atoms with Crippen molar-refractivity contribution >= 4 is 40.3 Å². The summed E-state index contributed by atoms with van der Waals surface area (Å²) in [4.78, 5) is 41.1. The van der Waals surface area contributed by atoms with E-state index in [1.165, 1.54) is 65.0 Å². The van der Waals surface area contributed by atoms with Gasteiger partial charge in [0.1, 0.15) is 23.4 Å². The van der Waals surface area contributed by atoms with E-state index in [1.807, 2.05) is 23.2 Å². The molecule has 3 aromatic carbocycles. The first kappa shape index (κ1) is 50.5. The molecule has 6 N–H and O–H groups in total. The number of anilines is 1. The summed E-state index contributed by atoms with van der Waals surface area (Å²) in [6, 6.07) is 10.2. The third-order valence-corrected chi connectivity index (χ3v) is 14.0. The summed E-state index contributed by atoms with van der Waals surface area (Å²) in [6.45, 7) is 16.7. The third-order valence-electron chi connectivity index (χ3n) is 14.0. The maximum Gasteiger partial charge on any atom is 0.312 e. The quantitative estimate of drug-likeness (QED) is 0.0603. The van der Waals surface area contributed by atoms with Crippen LogP contribution in [0.25, 0.3) is 10.8 Å². The first-order valence-corrected chi connectivity index (χ1v) is 23.1. The number of esters is 1. The van der Waals surface area contributed by atoms with Gasteiger partial charge in [0.2, 0.25) is 0 Å². The summed E-state index contributed by atoms with van der Waals surface area (Å²) < 4.78 is 23.8. The number of fused-ring (bicyclic) bond motifs is 14. The number of amides is 1. The molecule has 3 aromatic rings. The van der Waals surface area contributed by atoms with Crippen LogP contribution < -0.4 is 10.1 Å². The highest BCUT2D eigenvalue weighted by atomic mass is 16.7. The van der Waals surface area contributed by atoms with Gasteiger partial charge in [-0.25, -0.2) is 0 Å². The Bertz CT molecular complexity index is 2450. The average molecular weight is 926 g/mol. The van der Waals surface area contributed by atoms with Crippen LogP contribution >= 0.6 is 0 Å². The molecule has 11 atom stereocenters. The minimum Gasteiger partial charge on any atom is -0.507 e. The largest absolute Gasteiger partial charge is 0.507 e. The number of nitrogens with zero attached hydrogens (tertiary/aromatic N) is 2. The van der Waals surface area contributed by atoms with Gasteiger partial charge >= 0.3 is 11.8 Å². The van der Waals surface area contributed by atoms with E-state index in [0.29, 0.717) is 5.92 Å². The summed E-state index contributed by atoms with van der Waals surface area (Å²) in [5.41, 5.74) is 0.900. The van der Waals surface area contributed by atoms with E-state index in [1.54, 1.807) is 39.8 Å². The highest BCUT2D eigenvalue weighted by molar-refractivity contribution is 6.23. The van der Waals surface area contributed by atoms with Gasteiger partial charge in [-0.05, 0) is 64.5 Å². The van der Waals surface area contributed by atoms with Crippen molar-refractivity contribution in [1.29, 1.82) is 0 Å². The topological polar surface area (TPSA) is 217 Å². The maximum absolute atomic E-state index is 14.6. The summed E-state index contributed by atoms with van der Waals surface area (Å²) in [5.74, 6) is -8.01. The second-order valence-electron chi connectivity index (χ2n) is 19.0. The lowest BCUT2D eigenvalue weighted by molar-refractivity contribution is -0.160. The number of hydrazone groups is 1. The number of carbonyl (C=O) groups excluding carboxylic acids is 3. The van der Waals surface area contributed by atoms with Crippen LogP contribution in [0, 0.1) is 36.5 Å². The number of ketones is 1. The minimum absolute atomic E-state index is 0.0328. The maximum atomic E-state index is 14.6. The molecule has 0 spiro atoms. The molecule has 4 aliphatic rings. The molecular weight excluding hydrogens is 859 g/mol. The highest BCUT2D eigenvalue weighted by Crippen LogP contribution is 2.55. The number of aromatic hydroxyl groups is 3. The molecule has 0 radical (unpaired) electrons. The fourth-order valence-corrected chi connectivity index (χ4v) is 10.1. The first-order chi connectivity index (χ1) is 31.6. The molecule has 5 bridgehead atoms. The highest BCUT2D eigenvalue weighted by Gasteiger charge is 2.50. The zero-order chi connectivity index (χ0) is 49.2. The van der Waals surface area contributed by atoms with Crippen molar-refractivity contribution in [2.45, 2.75) is 131 Å². The van der Waals surface area contributed by atoms with Crippen LogP contribution in [-0.2, 0) is 30.2 Å². The van der Waals surface area contributed by atoms with Gasteiger partial charge in [-0.2, -0.15) is 5.10 Å². The van der Waals surface area contributed by atoms with E-state index in [4.69, 9.17) is 24.0 Å². The molecule has 1 saturated heterocycles. The normalized spacial score (nSPS) is 32.6. The van der Waals surface area contributed by atoms with Gasteiger partial charge in [-0.15, -0.1) is 0 Å². The van der Waals surface area contributed by atoms with E-state index < -0.39 is 88.8 Å². The van der Waals surface area contributed by atoms with Crippen LogP contribution in [0.1, 0.15) is 102 Å². The number of rotatable bonds is 6. The van der Waals surface area contributed by atoms with Gasteiger partial charge in [0, 0.05) is 73.2 Å². The Hall–Kier alpha value is -5.90. The molecule has 1 fully saturated rings. The van der Waals surface area contributed by atoms with Crippen molar-refractivity contribution in [3.8, 4) is 23.0 Å². The van der Waals surface area contributed by atoms with E-state index in [2.05, 4.69) is 31.3 Å². The van der Waals surface area contributed by atoms with Crippen LogP contribution in [0.2, 0.25) is 0 Å². The van der Waals surface area contributed by atoms with E-state index in [9.17, 15) is 39.9 Å².